The molecule has 0 bridgehead atoms. The van der Waals surface area contributed by atoms with E-state index in [-0.39, 0.29) is 0 Å². The lowest BCUT2D eigenvalue weighted by atomic mass is 10.3. The van der Waals surface area contributed by atoms with Gasteiger partial charge in [-0.05, 0) is 24.3 Å². The summed E-state index contributed by atoms with van der Waals surface area (Å²) in [7, 11) is 7.03. The topological polar surface area (TPSA) is 36.9 Å². The van der Waals surface area contributed by atoms with E-state index >= 15 is 0 Å². The van der Waals surface area contributed by atoms with E-state index in [1.54, 1.807) is 28.4 Å². The van der Waals surface area contributed by atoms with Gasteiger partial charge in [-0.25, -0.2) is 0 Å². The van der Waals surface area contributed by atoms with Crippen molar-refractivity contribution in [3.8, 4) is 23.0 Å². The second kappa shape index (κ2) is 7.19. The molecule has 0 saturated carbocycles. The monoisotopic (exact) mass is 306 g/mol. The standard InChI is InChI=1S/C16H19O4P/c1-17-11-5-7-15(13(9-11)19-3)21-16-8-6-12(18-2)10-14(16)20-4/h5-10,21H,1-4H3. The average Bonchev–Trinajstić information content (AvgIpc) is 2.55. The molecule has 0 aliphatic heterocycles. The molecule has 0 aromatic heterocycles. The van der Waals surface area contributed by atoms with Crippen LogP contribution in [-0.2, 0) is 0 Å². The molecule has 2 rings (SSSR count). The van der Waals surface area contributed by atoms with Gasteiger partial charge in [0.1, 0.15) is 23.0 Å². The van der Waals surface area contributed by atoms with Crippen LogP contribution < -0.4 is 29.6 Å². The van der Waals surface area contributed by atoms with Crippen LogP contribution in [0.3, 0.4) is 0 Å². The Morgan fingerprint density at radius 3 is 1.38 bits per heavy atom. The van der Waals surface area contributed by atoms with Crippen LogP contribution in [0.1, 0.15) is 0 Å². The van der Waals surface area contributed by atoms with Gasteiger partial charge in [-0.2, -0.15) is 0 Å². The molecule has 0 radical (unpaired) electrons. The maximum absolute atomic E-state index is 5.44. The Bertz CT molecular complexity index is 560. The van der Waals surface area contributed by atoms with Gasteiger partial charge >= 0.3 is 0 Å². The Balaban J connectivity index is 2.33. The summed E-state index contributed by atoms with van der Waals surface area (Å²) in [5.41, 5.74) is 0. The first kappa shape index (κ1) is 15.5. The van der Waals surface area contributed by atoms with Gasteiger partial charge in [0, 0.05) is 22.7 Å². The van der Waals surface area contributed by atoms with Gasteiger partial charge in [0.05, 0.1) is 28.4 Å². The quantitative estimate of drug-likeness (QED) is 0.768. The molecule has 2 aromatic carbocycles. The molecule has 4 nitrogen and oxygen atoms in total. The Morgan fingerprint density at radius 2 is 1.05 bits per heavy atom. The van der Waals surface area contributed by atoms with Crippen molar-refractivity contribution >= 4 is 19.2 Å². The molecule has 21 heavy (non-hydrogen) atoms. The summed E-state index contributed by atoms with van der Waals surface area (Å²) >= 11 is 0. The van der Waals surface area contributed by atoms with E-state index in [0.29, 0.717) is 8.58 Å². The Labute approximate surface area is 126 Å². The molecule has 0 heterocycles. The summed E-state index contributed by atoms with van der Waals surface area (Å²) in [6.45, 7) is 0. The van der Waals surface area contributed by atoms with Crippen molar-refractivity contribution in [2.75, 3.05) is 28.4 Å². The SMILES string of the molecule is COc1ccc(Pc2ccc(OC)cc2OC)c(OC)c1. The summed E-state index contributed by atoms with van der Waals surface area (Å²) in [5, 5.41) is 2.20. The third kappa shape index (κ3) is 3.59. The van der Waals surface area contributed by atoms with Crippen LogP contribution >= 0.6 is 8.58 Å². The normalized spacial score (nSPS) is 10.1. The first-order chi connectivity index (χ1) is 10.2. The van der Waals surface area contributed by atoms with E-state index in [9.17, 15) is 0 Å². The van der Waals surface area contributed by atoms with Gasteiger partial charge in [0.25, 0.3) is 0 Å². The molecule has 0 aliphatic rings. The number of methoxy groups -OCH3 is 4. The number of benzene rings is 2. The molecule has 0 fully saturated rings. The van der Waals surface area contributed by atoms with E-state index in [2.05, 4.69) is 0 Å². The zero-order valence-electron chi connectivity index (χ0n) is 12.6. The zero-order valence-corrected chi connectivity index (χ0v) is 13.6. The third-order valence-electron chi connectivity index (χ3n) is 3.09. The highest BCUT2D eigenvalue weighted by Gasteiger charge is 2.10. The van der Waals surface area contributed by atoms with Crippen molar-refractivity contribution in [3.63, 3.8) is 0 Å². The number of ether oxygens (including phenoxy) is 4. The minimum Gasteiger partial charge on any atom is -0.497 e. The number of hydrogen-bond acceptors (Lipinski definition) is 4. The fraction of sp³-hybridized carbons (Fsp3) is 0.250. The summed E-state index contributed by atoms with van der Waals surface area (Å²) in [6, 6.07) is 11.7. The lowest BCUT2D eigenvalue weighted by molar-refractivity contribution is 0.396. The van der Waals surface area contributed by atoms with Crippen LogP contribution in [0.5, 0.6) is 23.0 Å². The zero-order chi connectivity index (χ0) is 15.2. The lowest BCUT2D eigenvalue weighted by Crippen LogP contribution is -2.09. The van der Waals surface area contributed by atoms with E-state index < -0.39 is 0 Å². The van der Waals surface area contributed by atoms with Gasteiger partial charge < -0.3 is 18.9 Å². The van der Waals surface area contributed by atoms with Crippen molar-refractivity contribution < 1.29 is 18.9 Å². The van der Waals surface area contributed by atoms with Gasteiger partial charge in [-0.1, -0.05) is 8.58 Å². The fourth-order valence-electron chi connectivity index (χ4n) is 1.95. The maximum atomic E-state index is 5.44. The number of hydrogen-bond donors (Lipinski definition) is 0. The van der Waals surface area contributed by atoms with Crippen LogP contribution in [0.15, 0.2) is 36.4 Å². The minimum atomic E-state index is 0.422. The predicted octanol–water partition coefficient (Wildman–Crippen LogP) is 2.35. The predicted molar refractivity (Wildman–Crippen MR) is 86.7 cm³/mol. The van der Waals surface area contributed by atoms with E-state index in [1.807, 2.05) is 36.4 Å². The van der Waals surface area contributed by atoms with Crippen LogP contribution in [0.25, 0.3) is 0 Å². The van der Waals surface area contributed by atoms with E-state index in [0.717, 1.165) is 33.6 Å². The largest absolute Gasteiger partial charge is 0.497 e. The molecule has 112 valence electrons. The summed E-state index contributed by atoms with van der Waals surface area (Å²) in [5.74, 6) is 3.18. The minimum absolute atomic E-state index is 0.422. The smallest absolute Gasteiger partial charge is 0.130 e. The van der Waals surface area contributed by atoms with Gasteiger partial charge in [0.2, 0.25) is 0 Å². The fourth-order valence-corrected chi connectivity index (χ4v) is 3.17. The maximum Gasteiger partial charge on any atom is 0.130 e. The van der Waals surface area contributed by atoms with Crippen molar-refractivity contribution in [2.45, 2.75) is 0 Å². The molecule has 5 heteroatoms. The number of rotatable bonds is 6. The van der Waals surface area contributed by atoms with Crippen LogP contribution in [0, 0.1) is 0 Å². The highest BCUT2D eigenvalue weighted by molar-refractivity contribution is 7.56. The van der Waals surface area contributed by atoms with Crippen molar-refractivity contribution in [1.82, 2.24) is 0 Å². The third-order valence-corrected chi connectivity index (χ3v) is 4.45. The van der Waals surface area contributed by atoms with Crippen molar-refractivity contribution in [2.24, 2.45) is 0 Å². The average molecular weight is 306 g/mol. The Kier molecular flexibility index (Phi) is 5.29. The van der Waals surface area contributed by atoms with Gasteiger partial charge in [-0.3, -0.25) is 0 Å². The molecule has 0 amide bonds. The van der Waals surface area contributed by atoms with Crippen molar-refractivity contribution in [3.05, 3.63) is 36.4 Å². The van der Waals surface area contributed by atoms with Gasteiger partial charge in [0.15, 0.2) is 0 Å². The Morgan fingerprint density at radius 1 is 0.619 bits per heavy atom. The van der Waals surface area contributed by atoms with E-state index in [4.69, 9.17) is 18.9 Å². The summed E-state index contributed by atoms with van der Waals surface area (Å²) in [4.78, 5) is 0. The first-order valence-electron chi connectivity index (χ1n) is 6.43. The molecule has 0 unspecified atom stereocenters. The molecule has 2 aromatic rings. The van der Waals surface area contributed by atoms with Crippen LogP contribution in [0.2, 0.25) is 0 Å². The molecule has 0 spiro atoms. The van der Waals surface area contributed by atoms with Crippen LogP contribution in [0.4, 0.5) is 0 Å². The summed E-state index contributed by atoms with van der Waals surface area (Å²) < 4.78 is 21.3. The second-order valence-corrected chi connectivity index (χ2v) is 5.58. The molecule has 0 N–H and O–H groups in total. The Hall–Kier alpha value is -1.93. The molecule has 0 saturated heterocycles. The first-order valence-corrected chi connectivity index (χ1v) is 7.43. The molecule has 0 aliphatic carbocycles. The lowest BCUT2D eigenvalue weighted by Gasteiger charge is -2.13. The molecule has 0 atom stereocenters. The van der Waals surface area contributed by atoms with Gasteiger partial charge in [-0.15, -0.1) is 0 Å². The second-order valence-electron chi connectivity index (χ2n) is 4.26. The van der Waals surface area contributed by atoms with Crippen LogP contribution in [-0.4, -0.2) is 28.4 Å². The highest BCUT2D eigenvalue weighted by atomic mass is 31.1. The van der Waals surface area contributed by atoms with E-state index in [1.165, 1.54) is 0 Å². The molecular weight excluding hydrogens is 287 g/mol. The van der Waals surface area contributed by atoms with Crippen molar-refractivity contribution in [1.29, 1.82) is 0 Å². The highest BCUT2D eigenvalue weighted by Crippen LogP contribution is 2.28. The summed E-state index contributed by atoms with van der Waals surface area (Å²) in [6.07, 6.45) is 0. The molecular formula is C16H19O4P.